The molecule has 1 amide bonds. The highest BCUT2D eigenvalue weighted by Crippen LogP contribution is 2.23. The number of carbonyl (C=O) groups excluding carboxylic acids is 2. The van der Waals surface area contributed by atoms with Crippen LogP contribution in [0, 0.1) is 13.8 Å². The predicted octanol–water partition coefficient (Wildman–Crippen LogP) is 3.48. The van der Waals surface area contributed by atoms with Crippen LogP contribution >= 0.6 is 0 Å². The van der Waals surface area contributed by atoms with Gasteiger partial charge in [0.15, 0.2) is 6.61 Å². The van der Waals surface area contributed by atoms with E-state index in [1.807, 2.05) is 31.2 Å². The summed E-state index contributed by atoms with van der Waals surface area (Å²) >= 11 is 0. The van der Waals surface area contributed by atoms with Crippen molar-refractivity contribution in [3.8, 4) is 0 Å². The molecule has 134 valence electrons. The number of ether oxygens (including phenoxy) is 1. The van der Waals surface area contributed by atoms with E-state index in [1.165, 1.54) is 6.26 Å². The second kappa shape index (κ2) is 7.39. The predicted molar refractivity (Wildman–Crippen MR) is 96.8 cm³/mol. The average molecular weight is 352 g/mol. The molecule has 1 atom stereocenters. The standard InChI is InChI=1S/C20H20N2O4/c1-12-15-7-4-5-8-16(15)21-14(3)19(12)20(24)26-11-18(23)22-13(2)17-9-6-10-25-17/h4-10,13H,11H2,1-3H3,(H,22,23)/t13-/m1/s1. The molecule has 6 nitrogen and oxygen atoms in total. The smallest absolute Gasteiger partial charge is 0.340 e. The number of amides is 1. The van der Waals surface area contributed by atoms with Gasteiger partial charge in [0, 0.05) is 5.39 Å². The van der Waals surface area contributed by atoms with E-state index in [9.17, 15) is 9.59 Å². The number of hydrogen-bond acceptors (Lipinski definition) is 5. The zero-order valence-electron chi connectivity index (χ0n) is 14.9. The van der Waals surface area contributed by atoms with Crippen LogP contribution < -0.4 is 5.32 Å². The zero-order chi connectivity index (χ0) is 18.7. The number of para-hydroxylation sites is 1. The van der Waals surface area contributed by atoms with Gasteiger partial charge in [-0.1, -0.05) is 18.2 Å². The van der Waals surface area contributed by atoms with Crippen LogP contribution in [-0.2, 0) is 9.53 Å². The third-order valence-electron chi connectivity index (χ3n) is 4.22. The van der Waals surface area contributed by atoms with Crippen LogP contribution in [0.3, 0.4) is 0 Å². The second-order valence-electron chi connectivity index (χ2n) is 6.10. The number of hydrogen-bond donors (Lipinski definition) is 1. The fraction of sp³-hybridized carbons (Fsp3) is 0.250. The highest BCUT2D eigenvalue weighted by Gasteiger charge is 2.19. The molecule has 0 radical (unpaired) electrons. The van der Waals surface area contributed by atoms with Crippen LogP contribution in [0.5, 0.6) is 0 Å². The van der Waals surface area contributed by atoms with E-state index in [4.69, 9.17) is 9.15 Å². The van der Waals surface area contributed by atoms with Gasteiger partial charge >= 0.3 is 5.97 Å². The highest BCUT2D eigenvalue weighted by molar-refractivity contribution is 5.99. The van der Waals surface area contributed by atoms with Crippen molar-refractivity contribution in [3.63, 3.8) is 0 Å². The van der Waals surface area contributed by atoms with Crippen LogP contribution in [-0.4, -0.2) is 23.5 Å². The van der Waals surface area contributed by atoms with Crippen LogP contribution in [0.4, 0.5) is 0 Å². The molecule has 0 aliphatic heterocycles. The Balaban J connectivity index is 1.68. The minimum Gasteiger partial charge on any atom is -0.467 e. The molecular weight excluding hydrogens is 332 g/mol. The molecule has 2 heterocycles. The van der Waals surface area contributed by atoms with E-state index < -0.39 is 11.9 Å². The Morgan fingerprint density at radius 2 is 1.96 bits per heavy atom. The third kappa shape index (κ3) is 3.59. The monoisotopic (exact) mass is 352 g/mol. The van der Waals surface area contributed by atoms with Gasteiger partial charge in [-0.15, -0.1) is 0 Å². The molecule has 3 aromatic rings. The maximum absolute atomic E-state index is 12.5. The van der Waals surface area contributed by atoms with Crippen LogP contribution in [0.15, 0.2) is 47.1 Å². The molecule has 0 saturated heterocycles. The molecule has 3 rings (SSSR count). The van der Waals surface area contributed by atoms with Gasteiger partial charge in [-0.05, 0) is 44.5 Å². The number of benzene rings is 1. The van der Waals surface area contributed by atoms with Crippen molar-refractivity contribution in [1.29, 1.82) is 0 Å². The average Bonchev–Trinajstić information content (AvgIpc) is 3.15. The summed E-state index contributed by atoms with van der Waals surface area (Å²) in [6, 6.07) is 10.8. The molecule has 26 heavy (non-hydrogen) atoms. The number of nitrogens with zero attached hydrogens (tertiary/aromatic N) is 1. The van der Waals surface area contributed by atoms with Gasteiger partial charge in [-0.3, -0.25) is 9.78 Å². The summed E-state index contributed by atoms with van der Waals surface area (Å²) < 4.78 is 10.4. The van der Waals surface area contributed by atoms with Gasteiger partial charge in [0.05, 0.1) is 29.1 Å². The lowest BCUT2D eigenvalue weighted by Gasteiger charge is -2.13. The van der Waals surface area contributed by atoms with Gasteiger partial charge < -0.3 is 14.5 Å². The third-order valence-corrected chi connectivity index (χ3v) is 4.22. The molecule has 1 aromatic carbocycles. The summed E-state index contributed by atoms with van der Waals surface area (Å²) in [5.74, 6) is -0.319. The number of fused-ring (bicyclic) bond motifs is 1. The number of aryl methyl sites for hydroxylation is 2. The summed E-state index contributed by atoms with van der Waals surface area (Å²) in [6.45, 7) is 5.04. The number of rotatable bonds is 5. The number of carbonyl (C=O) groups is 2. The van der Waals surface area contributed by atoms with Gasteiger partial charge in [0.1, 0.15) is 5.76 Å². The molecule has 1 N–H and O–H groups in total. The lowest BCUT2D eigenvalue weighted by molar-refractivity contribution is -0.125. The summed E-state index contributed by atoms with van der Waals surface area (Å²) in [4.78, 5) is 29.0. The number of esters is 1. The van der Waals surface area contributed by atoms with Gasteiger partial charge in [-0.25, -0.2) is 4.79 Å². The fourth-order valence-electron chi connectivity index (χ4n) is 2.93. The first-order valence-corrected chi connectivity index (χ1v) is 8.33. The van der Waals surface area contributed by atoms with Crippen LogP contribution in [0.25, 0.3) is 10.9 Å². The van der Waals surface area contributed by atoms with E-state index in [0.717, 1.165) is 16.5 Å². The summed E-state index contributed by atoms with van der Waals surface area (Å²) in [6.07, 6.45) is 1.54. The van der Waals surface area contributed by atoms with Crippen molar-refractivity contribution < 1.29 is 18.7 Å². The maximum atomic E-state index is 12.5. The van der Waals surface area contributed by atoms with Crippen molar-refractivity contribution in [2.24, 2.45) is 0 Å². The molecule has 6 heteroatoms. The van der Waals surface area contributed by atoms with E-state index in [2.05, 4.69) is 10.3 Å². The normalized spacial score (nSPS) is 12.0. The van der Waals surface area contributed by atoms with E-state index in [-0.39, 0.29) is 12.6 Å². The molecule has 2 aromatic heterocycles. The van der Waals surface area contributed by atoms with Crippen molar-refractivity contribution >= 4 is 22.8 Å². The minimum atomic E-state index is -0.556. The Morgan fingerprint density at radius 3 is 2.69 bits per heavy atom. The zero-order valence-corrected chi connectivity index (χ0v) is 14.9. The molecule has 0 fully saturated rings. The molecule has 0 aliphatic carbocycles. The molecule has 0 spiro atoms. The van der Waals surface area contributed by atoms with Crippen LogP contribution in [0.2, 0.25) is 0 Å². The Labute approximate surface area is 151 Å². The summed E-state index contributed by atoms with van der Waals surface area (Å²) in [7, 11) is 0. The van der Waals surface area contributed by atoms with E-state index in [0.29, 0.717) is 17.0 Å². The first-order chi connectivity index (χ1) is 12.5. The number of nitrogens with one attached hydrogen (secondary N) is 1. The van der Waals surface area contributed by atoms with Crippen molar-refractivity contribution in [3.05, 3.63) is 65.2 Å². The number of furan rings is 1. The lowest BCUT2D eigenvalue weighted by Crippen LogP contribution is -2.31. The van der Waals surface area contributed by atoms with E-state index in [1.54, 1.807) is 26.0 Å². The Bertz CT molecular complexity index is 948. The molecular formula is C20H20N2O4. The summed E-state index contributed by atoms with van der Waals surface area (Å²) in [5.41, 5.74) is 2.60. The molecule has 0 saturated carbocycles. The van der Waals surface area contributed by atoms with Gasteiger partial charge in [0.2, 0.25) is 0 Å². The second-order valence-corrected chi connectivity index (χ2v) is 6.10. The quantitative estimate of drug-likeness (QED) is 0.711. The van der Waals surface area contributed by atoms with Crippen molar-refractivity contribution in [1.82, 2.24) is 10.3 Å². The molecule has 0 bridgehead atoms. The Morgan fingerprint density at radius 1 is 1.19 bits per heavy atom. The van der Waals surface area contributed by atoms with Crippen molar-refractivity contribution in [2.75, 3.05) is 6.61 Å². The molecule has 0 aliphatic rings. The number of aromatic nitrogens is 1. The topological polar surface area (TPSA) is 81.4 Å². The first kappa shape index (κ1) is 17.7. The van der Waals surface area contributed by atoms with Crippen molar-refractivity contribution in [2.45, 2.75) is 26.8 Å². The minimum absolute atomic E-state index is 0.304. The lowest BCUT2D eigenvalue weighted by atomic mass is 10.0. The first-order valence-electron chi connectivity index (χ1n) is 8.33. The fourth-order valence-corrected chi connectivity index (χ4v) is 2.93. The van der Waals surface area contributed by atoms with E-state index >= 15 is 0 Å². The Kier molecular flexibility index (Phi) is 5.02. The van der Waals surface area contributed by atoms with Gasteiger partial charge in [-0.2, -0.15) is 0 Å². The molecule has 0 unspecified atom stereocenters. The van der Waals surface area contributed by atoms with Crippen LogP contribution in [0.1, 0.15) is 40.3 Å². The summed E-state index contributed by atoms with van der Waals surface area (Å²) in [5, 5.41) is 3.61. The van der Waals surface area contributed by atoms with Gasteiger partial charge in [0.25, 0.3) is 5.91 Å². The Hall–Kier alpha value is -3.15. The SMILES string of the molecule is Cc1nc2ccccc2c(C)c1C(=O)OCC(=O)N[C@H](C)c1ccco1. The maximum Gasteiger partial charge on any atom is 0.340 e. The number of pyridine rings is 1. The highest BCUT2D eigenvalue weighted by atomic mass is 16.5. The largest absolute Gasteiger partial charge is 0.467 e.